The molecule has 9 heteroatoms. The van der Waals surface area contributed by atoms with Crippen LogP contribution in [0.5, 0.6) is 5.75 Å². The number of hydrogen-bond donors (Lipinski definition) is 1. The van der Waals surface area contributed by atoms with E-state index in [1.54, 1.807) is 11.0 Å². The van der Waals surface area contributed by atoms with E-state index in [-0.39, 0.29) is 40.5 Å². The fraction of sp³-hybridized carbons (Fsp3) is 0.417. The van der Waals surface area contributed by atoms with Crippen LogP contribution in [0.15, 0.2) is 53.4 Å². The number of piperidine rings is 1. The number of nitrogens with one attached hydrogen (secondary N) is 1. The molecule has 33 heavy (non-hydrogen) atoms. The number of benzene rings is 2. The predicted octanol–water partition coefficient (Wildman–Crippen LogP) is 2.97. The van der Waals surface area contributed by atoms with Crippen LogP contribution < -0.4 is 10.1 Å². The summed E-state index contributed by atoms with van der Waals surface area (Å²) in [5.41, 5.74) is 0.996. The summed E-state index contributed by atoms with van der Waals surface area (Å²) in [4.78, 5) is 27.6. The van der Waals surface area contributed by atoms with E-state index in [0.717, 1.165) is 18.5 Å². The van der Waals surface area contributed by atoms with Gasteiger partial charge in [-0.2, -0.15) is 4.31 Å². The van der Waals surface area contributed by atoms with Crippen LogP contribution in [-0.2, 0) is 14.8 Å². The Hall–Kier alpha value is -2.91. The number of anilines is 1. The number of para-hydroxylation sites is 1. The predicted molar refractivity (Wildman–Crippen MR) is 125 cm³/mol. The summed E-state index contributed by atoms with van der Waals surface area (Å²) in [5, 5.41) is 2.91. The second-order valence-electron chi connectivity index (χ2n) is 8.42. The van der Waals surface area contributed by atoms with Crippen LogP contribution >= 0.6 is 0 Å². The first-order chi connectivity index (χ1) is 15.9. The number of carbonyl (C=O) groups is 2. The molecule has 2 aliphatic rings. The summed E-state index contributed by atoms with van der Waals surface area (Å²) in [5.74, 6) is -0.510. The molecule has 2 amide bonds. The number of carbonyl (C=O) groups excluding carboxylic acids is 2. The van der Waals surface area contributed by atoms with E-state index < -0.39 is 10.0 Å². The normalized spacial score (nSPS) is 19.3. The first-order valence-corrected chi connectivity index (χ1v) is 12.7. The minimum atomic E-state index is -3.75. The van der Waals surface area contributed by atoms with Gasteiger partial charge in [-0.15, -0.1) is 0 Å². The highest BCUT2D eigenvalue weighted by atomic mass is 32.2. The molecule has 0 bridgehead atoms. The van der Waals surface area contributed by atoms with E-state index in [1.165, 1.54) is 23.5 Å². The molecule has 2 saturated heterocycles. The van der Waals surface area contributed by atoms with Gasteiger partial charge in [0.25, 0.3) is 5.91 Å². The van der Waals surface area contributed by atoms with Crippen molar-refractivity contribution in [2.24, 2.45) is 5.92 Å². The largest absolute Gasteiger partial charge is 0.495 e. The Morgan fingerprint density at radius 1 is 1.00 bits per heavy atom. The first-order valence-electron chi connectivity index (χ1n) is 11.2. The lowest BCUT2D eigenvalue weighted by Crippen LogP contribution is -2.43. The molecule has 0 radical (unpaired) electrons. The Morgan fingerprint density at radius 3 is 2.42 bits per heavy atom. The molecule has 8 nitrogen and oxygen atoms in total. The summed E-state index contributed by atoms with van der Waals surface area (Å²) in [7, 11) is -2.34. The van der Waals surface area contributed by atoms with Gasteiger partial charge in [-0.25, -0.2) is 8.42 Å². The molecule has 2 aliphatic heterocycles. The van der Waals surface area contributed by atoms with Gasteiger partial charge in [0.05, 0.1) is 13.0 Å². The lowest BCUT2D eigenvalue weighted by Gasteiger charge is -2.32. The Morgan fingerprint density at radius 2 is 1.73 bits per heavy atom. The maximum Gasteiger partial charge on any atom is 0.253 e. The number of rotatable bonds is 6. The number of ether oxygens (including phenoxy) is 1. The van der Waals surface area contributed by atoms with Crippen molar-refractivity contribution in [3.8, 4) is 5.75 Å². The van der Waals surface area contributed by atoms with Crippen molar-refractivity contribution >= 4 is 27.5 Å². The fourth-order valence-electron chi connectivity index (χ4n) is 4.40. The second kappa shape index (κ2) is 9.93. The van der Waals surface area contributed by atoms with Crippen molar-refractivity contribution in [2.45, 2.75) is 30.6 Å². The minimum absolute atomic E-state index is 0.00753. The third-order valence-electron chi connectivity index (χ3n) is 6.21. The molecule has 0 aliphatic carbocycles. The average molecular weight is 472 g/mol. The Labute approximate surface area is 194 Å². The van der Waals surface area contributed by atoms with Crippen LogP contribution in [-0.4, -0.2) is 62.7 Å². The van der Waals surface area contributed by atoms with Crippen molar-refractivity contribution in [3.63, 3.8) is 0 Å². The number of sulfonamides is 1. The zero-order valence-electron chi connectivity index (χ0n) is 18.7. The Bertz CT molecular complexity index is 1110. The van der Waals surface area contributed by atoms with Gasteiger partial charge in [-0.3, -0.25) is 9.59 Å². The summed E-state index contributed by atoms with van der Waals surface area (Å²) < 4.78 is 33.0. The lowest BCUT2D eigenvalue weighted by molar-refractivity contribution is -0.121. The highest BCUT2D eigenvalue weighted by molar-refractivity contribution is 7.89. The molecule has 4 rings (SSSR count). The average Bonchev–Trinajstić information content (AvgIpc) is 3.40. The van der Waals surface area contributed by atoms with Crippen molar-refractivity contribution in [1.82, 2.24) is 9.21 Å². The number of likely N-dealkylation sites (tertiary alicyclic amines) is 1. The Kier molecular flexibility index (Phi) is 6.99. The van der Waals surface area contributed by atoms with Gasteiger partial charge in [0.15, 0.2) is 0 Å². The van der Waals surface area contributed by atoms with Gasteiger partial charge >= 0.3 is 0 Å². The highest BCUT2D eigenvalue weighted by Crippen LogP contribution is 2.31. The van der Waals surface area contributed by atoms with Crippen LogP contribution in [0.2, 0.25) is 0 Å². The highest BCUT2D eigenvalue weighted by Gasteiger charge is 2.33. The van der Waals surface area contributed by atoms with Crippen LogP contribution in [0.3, 0.4) is 0 Å². The molecule has 1 atom stereocenters. The van der Waals surface area contributed by atoms with E-state index in [9.17, 15) is 18.0 Å². The topological polar surface area (TPSA) is 96.0 Å². The molecule has 1 unspecified atom stereocenters. The van der Waals surface area contributed by atoms with Crippen molar-refractivity contribution in [2.75, 3.05) is 38.6 Å². The van der Waals surface area contributed by atoms with Crippen molar-refractivity contribution < 1.29 is 22.7 Å². The number of methoxy groups -OCH3 is 1. The smallest absolute Gasteiger partial charge is 0.253 e. The van der Waals surface area contributed by atoms with Crippen LogP contribution in [0.1, 0.15) is 36.0 Å². The summed E-state index contributed by atoms with van der Waals surface area (Å²) >= 11 is 0. The van der Waals surface area contributed by atoms with Gasteiger partial charge in [-0.1, -0.05) is 18.2 Å². The van der Waals surface area contributed by atoms with Gasteiger partial charge in [0.2, 0.25) is 15.9 Å². The van der Waals surface area contributed by atoms with Crippen molar-refractivity contribution in [3.05, 3.63) is 54.1 Å². The molecule has 2 aromatic carbocycles. The SMILES string of the molecule is COc1ccc(C(=O)N2CCCC(C(=O)Nc3ccccc3)C2)cc1S(=O)(=O)N1CCCC1. The summed E-state index contributed by atoms with van der Waals surface area (Å²) in [6.07, 6.45) is 3.04. The molecule has 1 N–H and O–H groups in total. The monoisotopic (exact) mass is 471 g/mol. The molecule has 176 valence electrons. The summed E-state index contributed by atoms with van der Waals surface area (Å²) in [6, 6.07) is 13.7. The summed E-state index contributed by atoms with van der Waals surface area (Å²) in [6.45, 7) is 1.74. The number of nitrogens with zero attached hydrogens (tertiary/aromatic N) is 2. The van der Waals surface area contributed by atoms with E-state index in [4.69, 9.17) is 4.74 Å². The fourth-order valence-corrected chi connectivity index (χ4v) is 6.10. The number of hydrogen-bond acceptors (Lipinski definition) is 5. The molecule has 2 aromatic rings. The molecular formula is C24H29N3O5S. The maximum absolute atomic E-state index is 13.3. The number of amides is 2. The molecule has 2 heterocycles. The van der Waals surface area contributed by atoms with Crippen LogP contribution in [0, 0.1) is 5.92 Å². The second-order valence-corrected chi connectivity index (χ2v) is 10.3. The van der Waals surface area contributed by atoms with E-state index in [1.807, 2.05) is 30.3 Å². The van der Waals surface area contributed by atoms with E-state index >= 15 is 0 Å². The molecule has 0 spiro atoms. The zero-order valence-corrected chi connectivity index (χ0v) is 19.5. The Balaban J connectivity index is 1.52. The maximum atomic E-state index is 13.3. The zero-order chi connectivity index (χ0) is 23.4. The minimum Gasteiger partial charge on any atom is -0.495 e. The molecule has 0 saturated carbocycles. The van der Waals surface area contributed by atoms with Crippen LogP contribution in [0.25, 0.3) is 0 Å². The van der Waals surface area contributed by atoms with Crippen molar-refractivity contribution in [1.29, 1.82) is 0 Å². The molecule has 2 fully saturated rings. The molecular weight excluding hydrogens is 442 g/mol. The van der Waals surface area contributed by atoms with Gasteiger partial charge in [0, 0.05) is 37.4 Å². The standard InChI is InChI=1S/C24H29N3O5S/c1-32-21-12-11-18(16-22(21)33(30,31)27-14-5-6-15-27)24(29)26-13-7-8-19(17-26)23(28)25-20-9-3-2-4-10-20/h2-4,9-12,16,19H,5-8,13-15,17H2,1H3,(H,25,28). The quantitative estimate of drug-likeness (QED) is 0.699. The lowest BCUT2D eigenvalue weighted by atomic mass is 9.96. The first kappa shape index (κ1) is 23.3. The third-order valence-corrected chi connectivity index (χ3v) is 8.13. The van der Waals surface area contributed by atoms with E-state index in [0.29, 0.717) is 32.5 Å². The third kappa shape index (κ3) is 5.04. The van der Waals surface area contributed by atoms with E-state index in [2.05, 4.69) is 5.32 Å². The van der Waals surface area contributed by atoms with Gasteiger partial charge in [-0.05, 0) is 56.0 Å². The van der Waals surface area contributed by atoms with Crippen LogP contribution in [0.4, 0.5) is 5.69 Å². The van der Waals surface area contributed by atoms with Gasteiger partial charge in [0.1, 0.15) is 10.6 Å². The van der Waals surface area contributed by atoms with Gasteiger partial charge < -0.3 is 15.0 Å². The molecule has 0 aromatic heterocycles.